The Hall–Kier alpha value is -1.80. The van der Waals surface area contributed by atoms with Crippen LogP contribution in [0.5, 0.6) is 0 Å². The van der Waals surface area contributed by atoms with E-state index >= 15 is 0 Å². The average Bonchev–Trinajstić information content (AvgIpc) is 2.87. The molecule has 2 aromatic carbocycles. The van der Waals surface area contributed by atoms with Gasteiger partial charge in [0.1, 0.15) is 0 Å². The summed E-state index contributed by atoms with van der Waals surface area (Å²) in [6.45, 7) is 4.31. The van der Waals surface area contributed by atoms with Crippen LogP contribution in [0.25, 0.3) is 0 Å². The standard InChI is InChI=1S/C26H33ClNO6PS/c1-3-5-9-19-33-35(30,34-20-10-6-4-2)26(18-17-25(29)23-11-7-8-12-24(23)26)28-36(31,32)22-15-13-21(27)14-16-22/h7-8,11-18,28H,3-6,9-10,19-20H2,1-2H3. The molecule has 0 fully saturated rings. The van der Waals surface area contributed by atoms with E-state index in [1.54, 1.807) is 24.3 Å². The van der Waals surface area contributed by atoms with Crippen LogP contribution in [0.15, 0.2) is 65.6 Å². The first-order valence-corrected chi connectivity index (χ1v) is 15.6. The molecule has 1 aliphatic rings. The average molecular weight is 554 g/mol. The molecule has 0 aliphatic heterocycles. The molecule has 0 radical (unpaired) electrons. The number of allylic oxidation sites excluding steroid dienone is 1. The first-order valence-electron chi connectivity index (χ1n) is 12.2. The van der Waals surface area contributed by atoms with E-state index in [0.717, 1.165) is 25.7 Å². The second kappa shape index (κ2) is 12.6. The number of rotatable bonds is 14. The van der Waals surface area contributed by atoms with E-state index in [0.29, 0.717) is 17.9 Å². The van der Waals surface area contributed by atoms with Gasteiger partial charge >= 0.3 is 7.60 Å². The predicted octanol–water partition coefficient (Wildman–Crippen LogP) is 6.83. The first kappa shape index (κ1) is 28.8. The van der Waals surface area contributed by atoms with Crippen molar-refractivity contribution in [3.8, 4) is 0 Å². The van der Waals surface area contributed by atoms with Crippen molar-refractivity contribution in [3.05, 3.63) is 76.8 Å². The van der Waals surface area contributed by atoms with Crippen molar-refractivity contribution in [1.29, 1.82) is 0 Å². The Balaban J connectivity index is 2.16. The van der Waals surface area contributed by atoms with E-state index in [1.807, 2.05) is 13.8 Å². The molecule has 1 aliphatic carbocycles. The second-order valence-electron chi connectivity index (χ2n) is 8.65. The van der Waals surface area contributed by atoms with Crippen molar-refractivity contribution in [2.75, 3.05) is 13.2 Å². The van der Waals surface area contributed by atoms with E-state index in [1.165, 1.54) is 36.4 Å². The molecule has 36 heavy (non-hydrogen) atoms. The van der Waals surface area contributed by atoms with Crippen LogP contribution in [-0.2, 0) is 28.9 Å². The molecule has 3 rings (SSSR count). The number of halogens is 1. The summed E-state index contributed by atoms with van der Waals surface area (Å²) < 4.78 is 56.5. The van der Waals surface area contributed by atoms with Crippen LogP contribution in [0.3, 0.4) is 0 Å². The lowest BCUT2D eigenvalue weighted by Gasteiger charge is -2.40. The molecule has 10 heteroatoms. The zero-order valence-corrected chi connectivity index (χ0v) is 23.1. The number of unbranched alkanes of at least 4 members (excludes halogenated alkanes) is 4. The minimum atomic E-state index is -4.25. The molecule has 0 aromatic heterocycles. The van der Waals surface area contributed by atoms with Crippen LogP contribution in [0.2, 0.25) is 5.02 Å². The molecular weight excluding hydrogens is 521 g/mol. The van der Waals surface area contributed by atoms with E-state index in [9.17, 15) is 17.8 Å². The summed E-state index contributed by atoms with van der Waals surface area (Å²) in [6.07, 6.45) is 7.35. The number of carbonyl (C=O) groups excluding carboxylic acids is 1. The van der Waals surface area contributed by atoms with Gasteiger partial charge in [-0.25, -0.2) is 8.42 Å². The van der Waals surface area contributed by atoms with Gasteiger partial charge in [0.15, 0.2) is 11.1 Å². The number of ketones is 1. The largest absolute Gasteiger partial charge is 0.360 e. The first-order chi connectivity index (χ1) is 17.2. The van der Waals surface area contributed by atoms with Gasteiger partial charge in [-0.15, -0.1) is 0 Å². The molecule has 0 heterocycles. The van der Waals surface area contributed by atoms with E-state index in [2.05, 4.69) is 4.72 Å². The normalized spacial score (nSPS) is 17.8. The fourth-order valence-electron chi connectivity index (χ4n) is 3.98. The van der Waals surface area contributed by atoms with Crippen molar-refractivity contribution < 1.29 is 26.8 Å². The molecule has 1 N–H and O–H groups in total. The van der Waals surface area contributed by atoms with Crippen LogP contribution in [-0.4, -0.2) is 27.4 Å². The van der Waals surface area contributed by atoms with Gasteiger partial charge in [0.25, 0.3) is 0 Å². The number of hydrogen-bond acceptors (Lipinski definition) is 6. The molecule has 1 atom stereocenters. The fourth-order valence-corrected chi connectivity index (χ4v) is 8.08. The third-order valence-corrected chi connectivity index (χ3v) is 10.2. The zero-order valence-electron chi connectivity index (χ0n) is 20.6. The van der Waals surface area contributed by atoms with Crippen LogP contribution in [0.1, 0.15) is 68.3 Å². The van der Waals surface area contributed by atoms with Gasteiger partial charge in [0.2, 0.25) is 10.0 Å². The zero-order chi connectivity index (χ0) is 26.2. The Kier molecular flexibility index (Phi) is 10.1. The van der Waals surface area contributed by atoms with Gasteiger partial charge in [-0.3, -0.25) is 9.36 Å². The molecular formula is C26H33ClNO6PS. The topological polar surface area (TPSA) is 98.8 Å². The highest BCUT2D eigenvalue weighted by Gasteiger charge is 2.56. The van der Waals surface area contributed by atoms with Crippen LogP contribution in [0, 0.1) is 0 Å². The highest BCUT2D eigenvalue weighted by Crippen LogP contribution is 2.66. The Morgan fingerprint density at radius 2 is 1.50 bits per heavy atom. The molecule has 0 bridgehead atoms. The maximum absolute atomic E-state index is 14.7. The third-order valence-electron chi connectivity index (χ3n) is 5.94. The van der Waals surface area contributed by atoms with Gasteiger partial charge in [-0.1, -0.05) is 75.4 Å². The van der Waals surface area contributed by atoms with Crippen molar-refractivity contribution in [2.24, 2.45) is 0 Å². The summed E-state index contributed by atoms with van der Waals surface area (Å²) in [5, 5.41) is -1.56. The van der Waals surface area contributed by atoms with Crippen molar-refractivity contribution in [1.82, 2.24) is 4.72 Å². The molecule has 0 amide bonds. The number of sulfonamides is 1. The molecule has 7 nitrogen and oxygen atoms in total. The van der Waals surface area contributed by atoms with E-state index in [4.69, 9.17) is 20.6 Å². The summed E-state index contributed by atoms with van der Waals surface area (Å²) >= 11 is 5.95. The quantitative estimate of drug-likeness (QED) is 0.203. The van der Waals surface area contributed by atoms with E-state index < -0.39 is 22.9 Å². The van der Waals surface area contributed by atoms with Gasteiger partial charge in [0, 0.05) is 16.1 Å². The summed E-state index contributed by atoms with van der Waals surface area (Å²) in [6, 6.07) is 12.1. The summed E-state index contributed by atoms with van der Waals surface area (Å²) in [5.41, 5.74) is 0.456. The second-order valence-corrected chi connectivity index (χ2v) is 13.0. The minimum Gasteiger partial charge on any atom is -0.307 e. The molecule has 0 spiro atoms. The lowest BCUT2D eigenvalue weighted by atomic mass is 9.92. The summed E-state index contributed by atoms with van der Waals surface area (Å²) in [5.74, 6) is -0.324. The molecule has 0 saturated carbocycles. The van der Waals surface area contributed by atoms with Crippen LogP contribution in [0.4, 0.5) is 0 Å². The highest BCUT2D eigenvalue weighted by molar-refractivity contribution is 7.90. The number of fused-ring (bicyclic) bond motifs is 1. The molecule has 196 valence electrons. The van der Waals surface area contributed by atoms with Gasteiger partial charge < -0.3 is 9.05 Å². The Bertz CT molecular complexity index is 1220. The Morgan fingerprint density at radius 1 is 0.917 bits per heavy atom. The van der Waals surface area contributed by atoms with Gasteiger partial charge in [-0.2, -0.15) is 4.72 Å². The Labute approximate surface area is 218 Å². The van der Waals surface area contributed by atoms with Crippen molar-refractivity contribution in [2.45, 2.75) is 62.5 Å². The maximum Gasteiger partial charge on any atom is 0.360 e. The third kappa shape index (κ3) is 6.36. The number of carbonyl (C=O) groups is 1. The highest BCUT2D eigenvalue weighted by atomic mass is 35.5. The summed E-state index contributed by atoms with van der Waals surface area (Å²) in [7, 11) is -8.50. The van der Waals surface area contributed by atoms with Crippen molar-refractivity contribution >= 4 is 35.0 Å². The number of benzene rings is 2. The lowest BCUT2D eigenvalue weighted by Crippen LogP contribution is -2.47. The summed E-state index contributed by atoms with van der Waals surface area (Å²) in [4.78, 5) is 12.7. The maximum atomic E-state index is 14.7. The molecule has 2 aromatic rings. The lowest BCUT2D eigenvalue weighted by molar-refractivity contribution is 0.104. The van der Waals surface area contributed by atoms with Crippen molar-refractivity contribution in [3.63, 3.8) is 0 Å². The number of nitrogens with one attached hydrogen (secondary N) is 1. The molecule has 1 unspecified atom stereocenters. The van der Waals surface area contributed by atoms with Crippen LogP contribution < -0.4 is 4.72 Å². The van der Waals surface area contributed by atoms with Gasteiger partial charge in [0.05, 0.1) is 18.1 Å². The minimum absolute atomic E-state index is 0.0717. The van der Waals surface area contributed by atoms with E-state index in [-0.39, 0.29) is 35.0 Å². The van der Waals surface area contributed by atoms with Gasteiger partial charge in [-0.05, 0) is 49.3 Å². The SMILES string of the molecule is CCCCCOP(=O)(OCCCCC)C1(NS(=O)(=O)c2ccc(Cl)cc2)C=CC(=O)c2ccccc21. The predicted molar refractivity (Wildman–Crippen MR) is 142 cm³/mol. The molecule has 0 saturated heterocycles. The Morgan fingerprint density at radius 3 is 2.08 bits per heavy atom. The fraction of sp³-hybridized carbons (Fsp3) is 0.423. The smallest absolute Gasteiger partial charge is 0.307 e. The van der Waals surface area contributed by atoms with Crippen LogP contribution >= 0.6 is 19.2 Å². The monoisotopic (exact) mass is 553 g/mol. The number of hydrogen-bond donors (Lipinski definition) is 1.